The molecule has 6 atom stereocenters. The SMILES string of the molecule is CC/C=C\C/C=C\C/C=C\C/C=C\C/C=C\CC(=O)OC(COCCCCCCCCCCCC/C=C\C/C=C\CCCCCCC)COC1OC(CO)C(O)C(OS(=O)(=O)O)C1O. The van der Waals surface area contributed by atoms with Gasteiger partial charge in [-0.25, -0.2) is 4.18 Å². The summed E-state index contributed by atoms with van der Waals surface area (Å²) in [4.78, 5) is 12.8. The molecule has 6 unspecified atom stereocenters. The Morgan fingerprint density at radius 1 is 0.609 bits per heavy atom. The van der Waals surface area contributed by atoms with Crippen LogP contribution in [0, 0.1) is 0 Å². The van der Waals surface area contributed by atoms with E-state index in [0.717, 1.165) is 57.8 Å². The fraction of sp³-hybridized carbons (Fsp3) is 0.706. The summed E-state index contributed by atoms with van der Waals surface area (Å²) in [6, 6.07) is 0. The standard InChI is InChI=1S/C51H86O12S/c1-3-5-7-9-11-13-15-17-19-20-21-22-23-24-25-27-29-31-33-35-37-39-41-59-43-45(44-60-51-49(55)50(63-64(56,57)58)48(54)46(42-52)62-51)61-47(53)40-38-36-34-32-30-28-26-18-16-14-12-10-8-6-4-2/h6,8,12,14-15,17-18,20-21,26,30,32,36,38,45-46,48-52,54-55H,3-5,7,9-11,13,16,19,22-25,27-29,31,33-35,37,39-44H2,1-2H3,(H,56,57,58)/b8-6-,14-12-,17-15-,21-20-,26-18-,32-30-,38-36-. The molecule has 0 saturated carbocycles. The van der Waals surface area contributed by atoms with Crippen molar-refractivity contribution in [1.29, 1.82) is 0 Å². The first-order valence-electron chi connectivity index (χ1n) is 24.3. The van der Waals surface area contributed by atoms with Gasteiger partial charge in [-0.05, 0) is 70.6 Å². The first-order chi connectivity index (χ1) is 31.1. The minimum absolute atomic E-state index is 0.00438. The minimum Gasteiger partial charge on any atom is -0.457 e. The number of carbonyl (C=O) groups excluding carboxylic acids is 1. The molecular weight excluding hydrogens is 837 g/mol. The molecule has 1 fully saturated rings. The molecule has 4 N–H and O–H groups in total. The van der Waals surface area contributed by atoms with E-state index in [2.05, 4.69) is 84.9 Å². The zero-order valence-electron chi connectivity index (χ0n) is 39.3. The molecule has 0 radical (unpaired) electrons. The Labute approximate surface area is 387 Å². The molecule has 12 nitrogen and oxygen atoms in total. The fourth-order valence-electron chi connectivity index (χ4n) is 6.90. The summed E-state index contributed by atoms with van der Waals surface area (Å²) < 4.78 is 59.0. The predicted octanol–water partition coefficient (Wildman–Crippen LogP) is 10.9. The van der Waals surface area contributed by atoms with Gasteiger partial charge in [0.2, 0.25) is 0 Å². The van der Waals surface area contributed by atoms with E-state index in [-0.39, 0.29) is 19.6 Å². The van der Waals surface area contributed by atoms with Gasteiger partial charge in [-0.15, -0.1) is 0 Å². The van der Waals surface area contributed by atoms with E-state index >= 15 is 0 Å². The number of unbranched alkanes of at least 4 members (excludes halogenated alkanes) is 15. The number of hydrogen-bond donors (Lipinski definition) is 4. The lowest BCUT2D eigenvalue weighted by Gasteiger charge is -2.41. The number of carbonyl (C=O) groups is 1. The Hall–Kier alpha value is -2.72. The molecule has 0 amide bonds. The average Bonchev–Trinajstić information content (AvgIpc) is 3.27. The molecule has 13 heteroatoms. The zero-order valence-corrected chi connectivity index (χ0v) is 40.1. The molecule has 0 aromatic carbocycles. The van der Waals surface area contributed by atoms with Crippen molar-refractivity contribution in [2.45, 2.75) is 205 Å². The van der Waals surface area contributed by atoms with Crippen LogP contribution < -0.4 is 0 Å². The van der Waals surface area contributed by atoms with Crippen LogP contribution in [0.3, 0.4) is 0 Å². The third kappa shape index (κ3) is 34.6. The number of allylic oxidation sites excluding steroid dienone is 13. The lowest BCUT2D eigenvalue weighted by molar-refractivity contribution is -0.301. The fourth-order valence-corrected chi connectivity index (χ4v) is 7.40. The summed E-state index contributed by atoms with van der Waals surface area (Å²) in [5.74, 6) is -0.529. The first-order valence-corrected chi connectivity index (χ1v) is 25.7. The van der Waals surface area contributed by atoms with Crippen molar-refractivity contribution in [3.63, 3.8) is 0 Å². The van der Waals surface area contributed by atoms with Crippen molar-refractivity contribution >= 4 is 16.4 Å². The van der Waals surface area contributed by atoms with E-state index in [4.69, 9.17) is 18.9 Å². The number of hydrogen-bond acceptors (Lipinski definition) is 11. The summed E-state index contributed by atoms with van der Waals surface area (Å²) >= 11 is 0. The van der Waals surface area contributed by atoms with Gasteiger partial charge < -0.3 is 34.3 Å². The maximum Gasteiger partial charge on any atom is 0.397 e. The maximum atomic E-state index is 12.8. The van der Waals surface area contributed by atoms with Crippen LogP contribution in [0.5, 0.6) is 0 Å². The number of aliphatic hydroxyl groups excluding tert-OH is 3. The lowest BCUT2D eigenvalue weighted by atomic mass is 9.99. The minimum atomic E-state index is -5.08. The van der Waals surface area contributed by atoms with E-state index in [9.17, 15) is 33.1 Å². The van der Waals surface area contributed by atoms with Crippen LogP contribution in [-0.2, 0) is 38.3 Å². The van der Waals surface area contributed by atoms with Crippen molar-refractivity contribution in [2.24, 2.45) is 0 Å². The topological polar surface area (TPSA) is 178 Å². The van der Waals surface area contributed by atoms with Gasteiger partial charge in [0, 0.05) is 6.61 Å². The van der Waals surface area contributed by atoms with Crippen LogP contribution in [0.2, 0.25) is 0 Å². The molecule has 1 aliphatic heterocycles. The highest BCUT2D eigenvalue weighted by molar-refractivity contribution is 7.80. The van der Waals surface area contributed by atoms with Gasteiger partial charge in [-0.1, -0.05) is 176 Å². The van der Waals surface area contributed by atoms with Crippen LogP contribution in [-0.4, -0.2) is 97.5 Å². The molecule has 1 heterocycles. The molecule has 1 aliphatic rings. The highest BCUT2D eigenvalue weighted by atomic mass is 32.3. The van der Waals surface area contributed by atoms with Gasteiger partial charge in [0.15, 0.2) is 6.29 Å². The molecule has 0 spiro atoms. The van der Waals surface area contributed by atoms with Crippen molar-refractivity contribution in [3.8, 4) is 0 Å². The van der Waals surface area contributed by atoms with Crippen LogP contribution in [0.25, 0.3) is 0 Å². The average molecular weight is 923 g/mol. The van der Waals surface area contributed by atoms with Crippen molar-refractivity contribution in [2.75, 3.05) is 26.4 Å². The molecule has 1 saturated heterocycles. The summed E-state index contributed by atoms with van der Waals surface area (Å²) in [5.41, 5.74) is 0. The van der Waals surface area contributed by atoms with Crippen LogP contribution in [0.4, 0.5) is 0 Å². The Morgan fingerprint density at radius 2 is 1.08 bits per heavy atom. The van der Waals surface area contributed by atoms with Gasteiger partial charge >= 0.3 is 16.4 Å². The van der Waals surface area contributed by atoms with Crippen LogP contribution in [0.15, 0.2) is 85.1 Å². The number of esters is 1. The maximum absolute atomic E-state index is 12.8. The van der Waals surface area contributed by atoms with Crippen LogP contribution >= 0.6 is 0 Å². The largest absolute Gasteiger partial charge is 0.457 e. The van der Waals surface area contributed by atoms with Gasteiger partial charge in [-0.2, -0.15) is 8.42 Å². The van der Waals surface area contributed by atoms with Gasteiger partial charge in [0.25, 0.3) is 0 Å². The smallest absolute Gasteiger partial charge is 0.397 e. The van der Waals surface area contributed by atoms with E-state index in [1.165, 1.54) is 83.5 Å². The Kier molecular flexibility index (Phi) is 38.6. The van der Waals surface area contributed by atoms with Crippen LogP contribution in [0.1, 0.15) is 168 Å². The van der Waals surface area contributed by atoms with E-state index < -0.39 is 59.8 Å². The first kappa shape index (κ1) is 59.3. The quantitative estimate of drug-likeness (QED) is 0.0198. The third-order valence-electron chi connectivity index (χ3n) is 10.5. The van der Waals surface area contributed by atoms with Crippen molar-refractivity contribution in [3.05, 3.63) is 85.1 Å². The molecule has 64 heavy (non-hydrogen) atoms. The molecule has 0 bridgehead atoms. The molecular formula is C51H86O12S. The van der Waals surface area contributed by atoms with Crippen molar-refractivity contribution in [1.82, 2.24) is 0 Å². The van der Waals surface area contributed by atoms with E-state index in [1.807, 2.05) is 12.2 Å². The second-order valence-electron chi connectivity index (χ2n) is 16.3. The highest BCUT2D eigenvalue weighted by Crippen LogP contribution is 2.26. The number of aliphatic hydroxyl groups is 3. The third-order valence-corrected chi connectivity index (χ3v) is 11.0. The number of ether oxygens (including phenoxy) is 4. The monoisotopic (exact) mass is 923 g/mol. The second-order valence-corrected chi connectivity index (χ2v) is 17.4. The van der Waals surface area contributed by atoms with Crippen molar-refractivity contribution < 1.29 is 56.2 Å². The van der Waals surface area contributed by atoms with Gasteiger partial charge in [0.05, 0.1) is 26.2 Å². The Morgan fingerprint density at radius 3 is 1.58 bits per heavy atom. The molecule has 0 aromatic heterocycles. The van der Waals surface area contributed by atoms with Gasteiger partial charge in [0.1, 0.15) is 30.5 Å². The number of rotatable bonds is 41. The van der Waals surface area contributed by atoms with Gasteiger partial charge in [-0.3, -0.25) is 9.35 Å². The normalized spacial score (nSPS) is 20.5. The lowest BCUT2D eigenvalue weighted by Crippen LogP contribution is -2.60. The Balaban J connectivity index is 2.42. The molecule has 1 rings (SSSR count). The van der Waals surface area contributed by atoms with E-state index in [0.29, 0.717) is 13.0 Å². The van der Waals surface area contributed by atoms with E-state index in [1.54, 1.807) is 6.08 Å². The summed E-state index contributed by atoms with van der Waals surface area (Å²) in [7, 11) is -5.08. The molecule has 0 aromatic rings. The summed E-state index contributed by atoms with van der Waals surface area (Å²) in [6.07, 6.45) is 46.5. The Bertz CT molecular complexity index is 1440. The summed E-state index contributed by atoms with van der Waals surface area (Å²) in [6.45, 7) is 3.73. The molecule has 0 aliphatic carbocycles. The zero-order chi connectivity index (χ0) is 46.8. The second kappa shape index (κ2) is 41.7. The highest BCUT2D eigenvalue weighted by Gasteiger charge is 2.48. The predicted molar refractivity (Wildman–Crippen MR) is 257 cm³/mol. The molecule has 368 valence electrons. The summed E-state index contributed by atoms with van der Waals surface area (Å²) in [5, 5.41) is 30.7.